The molecule has 0 saturated carbocycles. The topological polar surface area (TPSA) is 50.4 Å². The van der Waals surface area contributed by atoms with E-state index in [4.69, 9.17) is 4.74 Å². The molecule has 1 aliphatic heterocycles. The molecule has 1 fully saturated rings. The minimum Gasteiger partial charge on any atom is -0.496 e. The molecule has 116 valence electrons. The molecule has 21 heavy (non-hydrogen) atoms. The Hall–Kier alpha value is -1.07. The van der Waals surface area contributed by atoms with Crippen LogP contribution in [0.5, 0.6) is 5.75 Å². The van der Waals surface area contributed by atoms with Crippen LogP contribution >= 0.6 is 15.9 Å². The molecule has 0 bridgehead atoms. The molecule has 2 rings (SSSR count). The predicted octanol–water partition coefficient (Wildman–Crippen LogP) is 3.02. The molecule has 1 heterocycles. The summed E-state index contributed by atoms with van der Waals surface area (Å²) in [6.45, 7) is 5.05. The highest BCUT2D eigenvalue weighted by Crippen LogP contribution is 2.28. The van der Waals surface area contributed by atoms with E-state index in [9.17, 15) is 4.79 Å². The maximum Gasteiger partial charge on any atom is 0.237 e. The van der Waals surface area contributed by atoms with Gasteiger partial charge in [0.15, 0.2) is 0 Å². The Labute approximate surface area is 134 Å². The largest absolute Gasteiger partial charge is 0.496 e. The normalized spacial score (nSPS) is 23.4. The molecule has 1 aliphatic rings. The molecule has 0 aromatic heterocycles. The average molecular weight is 355 g/mol. The molecular weight excluding hydrogens is 332 g/mol. The second kappa shape index (κ2) is 7.27. The molecule has 0 aliphatic carbocycles. The van der Waals surface area contributed by atoms with Crippen LogP contribution in [0.4, 0.5) is 0 Å². The Balaban J connectivity index is 2.01. The summed E-state index contributed by atoms with van der Waals surface area (Å²) in [7, 11) is 1.64. The van der Waals surface area contributed by atoms with Gasteiger partial charge in [-0.05, 0) is 65.9 Å². The second-order valence-corrected chi connectivity index (χ2v) is 6.53. The predicted molar refractivity (Wildman–Crippen MR) is 87.4 cm³/mol. The van der Waals surface area contributed by atoms with E-state index >= 15 is 0 Å². The van der Waals surface area contributed by atoms with Gasteiger partial charge in [-0.25, -0.2) is 0 Å². The van der Waals surface area contributed by atoms with E-state index < -0.39 is 0 Å². The summed E-state index contributed by atoms with van der Waals surface area (Å²) >= 11 is 3.48. The number of methoxy groups -OCH3 is 1. The van der Waals surface area contributed by atoms with Gasteiger partial charge < -0.3 is 15.4 Å². The van der Waals surface area contributed by atoms with Crippen LogP contribution in [0.3, 0.4) is 0 Å². The van der Waals surface area contributed by atoms with Crippen LogP contribution in [0.15, 0.2) is 22.7 Å². The van der Waals surface area contributed by atoms with Gasteiger partial charge in [-0.1, -0.05) is 13.0 Å². The zero-order valence-corrected chi connectivity index (χ0v) is 14.4. The van der Waals surface area contributed by atoms with Crippen LogP contribution in [-0.2, 0) is 4.79 Å². The minimum absolute atomic E-state index is 0.0318. The summed E-state index contributed by atoms with van der Waals surface area (Å²) in [4.78, 5) is 12.4. The first-order valence-electron chi connectivity index (χ1n) is 7.40. The SMILES string of the molecule is COc1ccc(C(C)NC(=O)C2NCCCC2C)cc1Br. The van der Waals surface area contributed by atoms with Gasteiger partial charge >= 0.3 is 0 Å². The number of nitrogens with one attached hydrogen (secondary N) is 2. The zero-order valence-electron chi connectivity index (χ0n) is 12.8. The number of halogens is 1. The van der Waals surface area contributed by atoms with Gasteiger partial charge in [-0.3, -0.25) is 4.79 Å². The highest BCUT2D eigenvalue weighted by atomic mass is 79.9. The molecule has 0 radical (unpaired) electrons. The van der Waals surface area contributed by atoms with E-state index in [0.29, 0.717) is 5.92 Å². The van der Waals surface area contributed by atoms with Crippen molar-refractivity contribution >= 4 is 21.8 Å². The van der Waals surface area contributed by atoms with Crippen LogP contribution < -0.4 is 15.4 Å². The van der Waals surface area contributed by atoms with E-state index in [1.54, 1.807) is 7.11 Å². The Morgan fingerprint density at radius 1 is 1.52 bits per heavy atom. The van der Waals surface area contributed by atoms with Gasteiger partial charge in [-0.2, -0.15) is 0 Å². The first-order valence-corrected chi connectivity index (χ1v) is 8.19. The van der Waals surface area contributed by atoms with Crippen molar-refractivity contribution in [2.45, 2.75) is 38.8 Å². The molecule has 5 heteroatoms. The molecule has 1 aromatic rings. The number of benzene rings is 1. The molecule has 4 nitrogen and oxygen atoms in total. The molecule has 1 amide bonds. The fourth-order valence-corrected chi connectivity index (χ4v) is 3.30. The number of amides is 1. The van der Waals surface area contributed by atoms with Crippen molar-refractivity contribution in [1.29, 1.82) is 0 Å². The smallest absolute Gasteiger partial charge is 0.237 e. The van der Waals surface area contributed by atoms with Crippen molar-refractivity contribution in [1.82, 2.24) is 10.6 Å². The third-order valence-electron chi connectivity index (χ3n) is 4.09. The van der Waals surface area contributed by atoms with Crippen molar-refractivity contribution in [2.75, 3.05) is 13.7 Å². The van der Waals surface area contributed by atoms with Gasteiger partial charge in [0, 0.05) is 0 Å². The van der Waals surface area contributed by atoms with E-state index in [2.05, 4.69) is 33.5 Å². The summed E-state index contributed by atoms with van der Waals surface area (Å²) in [5, 5.41) is 6.41. The monoisotopic (exact) mass is 354 g/mol. The second-order valence-electron chi connectivity index (χ2n) is 5.68. The van der Waals surface area contributed by atoms with E-state index in [-0.39, 0.29) is 18.0 Å². The molecule has 0 spiro atoms. The number of hydrogen-bond acceptors (Lipinski definition) is 3. The summed E-state index contributed by atoms with van der Waals surface area (Å²) < 4.78 is 6.12. The summed E-state index contributed by atoms with van der Waals surface area (Å²) in [6, 6.07) is 5.76. The zero-order chi connectivity index (χ0) is 15.4. The highest BCUT2D eigenvalue weighted by Gasteiger charge is 2.28. The number of rotatable bonds is 4. The Morgan fingerprint density at radius 2 is 2.29 bits per heavy atom. The lowest BCUT2D eigenvalue weighted by Gasteiger charge is -2.30. The third-order valence-corrected chi connectivity index (χ3v) is 4.71. The molecular formula is C16H23BrN2O2. The van der Waals surface area contributed by atoms with Gasteiger partial charge in [0.05, 0.1) is 23.7 Å². The fraction of sp³-hybridized carbons (Fsp3) is 0.562. The van der Waals surface area contributed by atoms with Crippen LogP contribution in [0.2, 0.25) is 0 Å². The Bertz CT molecular complexity index is 507. The molecule has 2 N–H and O–H groups in total. The maximum atomic E-state index is 12.4. The number of carbonyl (C=O) groups is 1. The van der Waals surface area contributed by atoms with Crippen molar-refractivity contribution < 1.29 is 9.53 Å². The van der Waals surface area contributed by atoms with Crippen LogP contribution in [-0.4, -0.2) is 25.6 Å². The lowest BCUT2D eigenvalue weighted by atomic mass is 9.92. The van der Waals surface area contributed by atoms with Gasteiger partial charge in [-0.15, -0.1) is 0 Å². The van der Waals surface area contributed by atoms with Crippen LogP contribution in [0.1, 0.15) is 38.3 Å². The van der Waals surface area contributed by atoms with E-state index in [1.165, 1.54) is 0 Å². The minimum atomic E-state index is -0.0807. The average Bonchev–Trinajstić information content (AvgIpc) is 2.47. The van der Waals surface area contributed by atoms with Gasteiger partial charge in [0.25, 0.3) is 0 Å². The molecule has 1 saturated heterocycles. The van der Waals surface area contributed by atoms with Crippen molar-refractivity contribution in [3.8, 4) is 5.75 Å². The Kier molecular flexibility index (Phi) is 5.65. The number of piperidine rings is 1. The first-order chi connectivity index (χ1) is 10.0. The number of carbonyl (C=O) groups excluding carboxylic acids is 1. The number of hydrogen-bond donors (Lipinski definition) is 2. The third kappa shape index (κ3) is 3.98. The van der Waals surface area contributed by atoms with Crippen LogP contribution in [0, 0.1) is 5.92 Å². The summed E-state index contributed by atoms with van der Waals surface area (Å²) in [5.41, 5.74) is 1.06. The molecule has 3 unspecified atom stereocenters. The lowest BCUT2D eigenvalue weighted by molar-refractivity contribution is -0.125. The van der Waals surface area contributed by atoms with Crippen molar-refractivity contribution in [3.63, 3.8) is 0 Å². The first kappa shape index (κ1) is 16.3. The quantitative estimate of drug-likeness (QED) is 0.873. The van der Waals surface area contributed by atoms with E-state index in [1.807, 2.05) is 25.1 Å². The lowest BCUT2D eigenvalue weighted by Crippen LogP contribution is -2.51. The number of ether oxygens (including phenoxy) is 1. The van der Waals surface area contributed by atoms with Crippen molar-refractivity contribution in [2.24, 2.45) is 5.92 Å². The summed E-state index contributed by atoms with van der Waals surface area (Å²) in [5.74, 6) is 1.26. The standard InChI is InChI=1S/C16H23BrN2O2/c1-10-5-4-8-18-15(10)16(20)19-11(2)12-6-7-14(21-3)13(17)9-12/h6-7,9-11,15,18H,4-5,8H2,1-3H3,(H,19,20). The van der Waals surface area contributed by atoms with Crippen LogP contribution in [0.25, 0.3) is 0 Å². The maximum absolute atomic E-state index is 12.4. The van der Waals surface area contributed by atoms with Crippen molar-refractivity contribution in [3.05, 3.63) is 28.2 Å². The Morgan fingerprint density at radius 3 is 2.90 bits per heavy atom. The van der Waals surface area contributed by atoms with Gasteiger partial charge in [0.2, 0.25) is 5.91 Å². The van der Waals surface area contributed by atoms with E-state index in [0.717, 1.165) is 35.2 Å². The van der Waals surface area contributed by atoms with Gasteiger partial charge in [0.1, 0.15) is 5.75 Å². The molecule has 3 atom stereocenters. The molecule has 1 aromatic carbocycles. The fourth-order valence-electron chi connectivity index (χ4n) is 2.74. The summed E-state index contributed by atoms with van der Waals surface area (Å²) in [6.07, 6.45) is 2.25. The highest BCUT2D eigenvalue weighted by molar-refractivity contribution is 9.10.